The highest BCUT2D eigenvalue weighted by Crippen LogP contribution is 2.50. The number of aliphatic carboxylic acids is 1. The van der Waals surface area contributed by atoms with Crippen molar-refractivity contribution in [3.05, 3.63) is 71.8 Å². The summed E-state index contributed by atoms with van der Waals surface area (Å²) in [6.07, 6.45) is -0.849. The molecule has 4 rings (SSSR count). The molecule has 2 fully saturated rings. The van der Waals surface area contributed by atoms with Crippen LogP contribution in [0.15, 0.2) is 65.8 Å². The molecule has 2 aliphatic rings. The summed E-state index contributed by atoms with van der Waals surface area (Å²) >= 11 is 1.32. The van der Waals surface area contributed by atoms with Gasteiger partial charge in [-0.3, -0.25) is 9.59 Å². The first-order valence-corrected chi connectivity index (χ1v) is 11.7. The average Bonchev–Trinajstić information content (AvgIpc) is 3.10. The van der Waals surface area contributed by atoms with Gasteiger partial charge in [-0.05, 0) is 19.4 Å². The third-order valence-corrected chi connectivity index (χ3v) is 7.27. The standard InChI is InChI=1S/C24H24N4O6S/c1-24(2)18(22(31)32)28-20(30)17(21(28)35-24)25-19(29)16(15-11-7-4-8-12-15)26-27-23(33)34-13-14-9-5-3-6-10-14/h3-12,17-18,21H,13H2,1-2H3,(H,25,29)(H,27,33)(H,31,32)/t17-,18+,21-/m1/s1. The summed E-state index contributed by atoms with van der Waals surface area (Å²) in [5, 5.41) is 15.7. The van der Waals surface area contributed by atoms with E-state index in [1.165, 1.54) is 16.7 Å². The number of carbonyl (C=O) groups excluding carboxylic acids is 3. The average molecular weight is 497 g/mol. The van der Waals surface area contributed by atoms with Crippen molar-refractivity contribution in [3.8, 4) is 0 Å². The van der Waals surface area contributed by atoms with E-state index in [1.807, 2.05) is 18.2 Å². The fraction of sp³-hybridized carbons (Fsp3) is 0.292. The number of amides is 3. The number of carboxylic acid groups (broad SMARTS) is 1. The van der Waals surface area contributed by atoms with Gasteiger partial charge in [0.2, 0.25) is 5.91 Å². The second kappa shape index (κ2) is 9.79. The Hall–Kier alpha value is -3.86. The van der Waals surface area contributed by atoms with Crippen LogP contribution < -0.4 is 10.7 Å². The number of nitrogens with zero attached hydrogens (tertiary/aromatic N) is 2. The third kappa shape index (κ3) is 4.99. The van der Waals surface area contributed by atoms with Crippen molar-refractivity contribution in [1.29, 1.82) is 0 Å². The molecular formula is C24H24N4O6S. The predicted molar refractivity (Wildman–Crippen MR) is 128 cm³/mol. The van der Waals surface area contributed by atoms with Crippen LogP contribution in [0.3, 0.4) is 0 Å². The molecule has 0 aliphatic carbocycles. The van der Waals surface area contributed by atoms with Crippen LogP contribution in [-0.4, -0.2) is 61.8 Å². The molecule has 0 spiro atoms. The van der Waals surface area contributed by atoms with E-state index >= 15 is 0 Å². The Morgan fingerprint density at radius 3 is 2.34 bits per heavy atom. The molecule has 2 heterocycles. The molecule has 2 saturated heterocycles. The fourth-order valence-electron chi connectivity index (χ4n) is 4.05. The van der Waals surface area contributed by atoms with Crippen molar-refractivity contribution in [3.63, 3.8) is 0 Å². The van der Waals surface area contributed by atoms with E-state index in [0.29, 0.717) is 5.56 Å². The molecule has 2 aliphatic heterocycles. The van der Waals surface area contributed by atoms with E-state index in [2.05, 4.69) is 15.8 Å². The van der Waals surface area contributed by atoms with Crippen molar-refractivity contribution in [2.24, 2.45) is 5.10 Å². The number of rotatable bonds is 7. The molecule has 0 radical (unpaired) electrons. The van der Waals surface area contributed by atoms with Crippen LogP contribution in [0.4, 0.5) is 4.79 Å². The summed E-state index contributed by atoms with van der Waals surface area (Å²) in [7, 11) is 0. The number of nitrogens with one attached hydrogen (secondary N) is 2. The lowest BCUT2D eigenvalue weighted by Crippen LogP contribution is -2.71. The second-order valence-electron chi connectivity index (χ2n) is 8.55. The van der Waals surface area contributed by atoms with Crippen LogP contribution in [0.2, 0.25) is 0 Å². The van der Waals surface area contributed by atoms with Gasteiger partial charge in [0, 0.05) is 10.3 Å². The maximum atomic E-state index is 13.1. The first kappa shape index (κ1) is 24.3. The first-order valence-electron chi connectivity index (χ1n) is 10.8. The van der Waals surface area contributed by atoms with Crippen LogP contribution in [0, 0.1) is 0 Å². The number of benzene rings is 2. The minimum atomic E-state index is -1.09. The van der Waals surface area contributed by atoms with E-state index in [-0.39, 0.29) is 12.3 Å². The van der Waals surface area contributed by atoms with Crippen molar-refractivity contribution < 1.29 is 29.0 Å². The Bertz CT molecular complexity index is 1170. The lowest BCUT2D eigenvalue weighted by atomic mass is 9.96. The van der Waals surface area contributed by atoms with Gasteiger partial charge in [0.1, 0.15) is 24.1 Å². The van der Waals surface area contributed by atoms with Gasteiger partial charge in [0.15, 0.2) is 5.71 Å². The zero-order valence-electron chi connectivity index (χ0n) is 19.0. The smallest absolute Gasteiger partial charge is 0.428 e. The quantitative estimate of drug-likeness (QED) is 0.303. The molecular weight excluding hydrogens is 472 g/mol. The third-order valence-electron chi connectivity index (χ3n) is 5.70. The summed E-state index contributed by atoms with van der Waals surface area (Å²) in [5.74, 6) is -2.25. The molecule has 3 atom stereocenters. The van der Waals surface area contributed by atoms with Gasteiger partial charge in [0.25, 0.3) is 5.91 Å². The lowest BCUT2D eigenvalue weighted by Gasteiger charge is -2.43. The molecule has 35 heavy (non-hydrogen) atoms. The summed E-state index contributed by atoms with van der Waals surface area (Å²) in [5.41, 5.74) is 3.31. The largest absolute Gasteiger partial charge is 0.480 e. The zero-order chi connectivity index (χ0) is 25.2. The van der Waals surface area contributed by atoms with Crippen LogP contribution >= 0.6 is 11.8 Å². The maximum absolute atomic E-state index is 13.1. The normalized spacial score (nSPS) is 22.6. The van der Waals surface area contributed by atoms with Gasteiger partial charge < -0.3 is 20.1 Å². The highest BCUT2D eigenvalue weighted by atomic mass is 32.2. The van der Waals surface area contributed by atoms with Crippen LogP contribution in [0.1, 0.15) is 25.0 Å². The van der Waals surface area contributed by atoms with E-state index in [4.69, 9.17) is 4.74 Å². The molecule has 0 saturated carbocycles. The number of carboxylic acids is 1. The predicted octanol–water partition coefficient (Wildman–Crippen LogP) is 1.95. The van der Waals surface area contributed by atoms with Gasteiger partial charge in [-0.25, -0.2) is 15.0 Å². The molecule has 0 aromatic heterocycles. The topological polar surface area (TPSA) is 137 Å². The van der Waals surface area contributed by atoms with Crippen molar-refractivity contribution in [1.82, 2.24) is 15.6 Å². The minimum Gasteiger partial charge on any atom is -0.480 e. The van der Waals surface area contributed by atoms with Gasteiger partial charge >= 0.3 is 12.1 Å². The minimum absolute atomic E-state index is 0.0287. The molecule has 3 N–H and O–H groups in total. The van der Waals surface area contributed by atoms with Crippen molar-refractivity contribution in [2.75, 3.05) is 0 Å². The zero-order valence-corrected chi connectivity index (χ0v) is 19.8. The lowest BCUT2D eigenvalue weighted by molar-refractivity contribution is -0.160. The first-order chi connectivity index (χ1) is 16.7. The van der Waals surface area contributed by atoms with E-state index in [1.54, 1.807) is 56.3 Å². The second-order valence-corrected chi connectivity index (χ2v) is 10.3. The van der Waals surface area contributed by atoms with Gasteiger partial charge in [0.05, 0.1) is 0 Å². The monoisotopic (exact) mass is 496 g/mol. The Morgan fingerprint density at radius 1 is 1.09 bits per heavy atom. The fourth-order valence-corrected chi connectivity index (χ4v) is 5.68. The molecule has 2 aromatic carbocycles. The number of carbonyl (C=O) groups is 4. The number of hydrogen-bond acceptors (Lipinski definition) is 7. The van der Waals surface area contributed by atoms with E-state index < -0.39 is 46.1 Å². The van der Waals surface area contributed by atoms with Gasteiger partial charge in [-0.1, -0.05) is 60.7 Å². The van der Waals surface area contributed by atoms with Gasteiger partial charge in [-0.15, -0.1) is 11.8 Å². The van der Waals surface area contributed by atoms with E-state index in [0.717, 1.165) is 5.56 Å². The summed E-state index contributed by atoms with van der Waals surface area (Å²) in [6.45, 7) is 3.53. The summed E-state index contributed by atoms with van der Waals surface area (Å²) in [6, 6.07) is 15.6. The van der Waals surface area contributed by atoms with E-state index in [9.17, 15) is 24.3 Å². The van der Waals surface area contributed by atoms with Crippen molar-refractivity contribution in [2.45, 2.75) is 42.7 Å². The van der Waals surface area contributed by atoms with Crippen LogP contribution in [0.5, 0.6) is 0 Å². The highest BCUT2D eigenvalue weighted by Gasteiger charge is 2.64. The number of hydrogen-bond donors (Lipinski definition) is 3. The molecule has 2 aromatic rings. The van der Waals surface area contributed by atoms with Crippen molar-refractivity contribution >= 4 is 41.4 Å². The SMILES string of the molecule is CC1(C)S[C@@H]2[C@H](NC(=O)C(=NNC(=O)OCc3ccccc3)c3ccccc3)C(=O)N2[C@H]1C(=O)O. The summed E-state index contributed by atoms with van der Waals surface area (Å²) in [4.78, 5) is 51.0. The van der Waals surface area contributed by atoms with Crippen LogP contribution in [-0.2, 0) is 25.7 Å². The number of hydrazone groups is 1. The number of fused-ring (bicyclic) bond motifs is 1. The Labute approximate surface area is 205 Å². The Morgan fingerprint density at radius 2 is 1.71 bits per heavy atom. The highest BCUT2D eigenvalue weighted by molar-refractivity contribution is 8.01. The molecule has 182 valence electrons. The maximum Gasteiger partial charge on any atom is 0.428 e. The molecule has 10 nitrogen and oxygen atoms in total. The molecule has 0 unspecified atom stereocenters. The molecule has 0 bridgehead atoms. The van der Waals surface area contributed by atoms with Gasteiger partial charge in [-0.2, -0.15) is 5.10 Å². The Balaban J connectivity index is 1.46. The molecule has 3 amide bonds. The van der Waals surface area contributed by atoms with Crippen LogP contribution in [0.25, 0.3) is 0 Å². The molecule has 11 heteroatoms. The Kier molecular flexibility index (Phi) is 6.79. The summed E-state index contributed by atoms with van der Waals surface area (Å²) < 4.78 is 4.41. The number of thioether (sulfide) groups is 1. The number of β-lactam (4-membered cyclic amide) rings is 1. The number of ether oxygens (including phenoxy) is 1.